The normalized spacial score (nSPS) is 19.7. The van der Waals surface area contributed by atoms with Crippen molar-refractivity contribution in [1.82, 2.24) is 5.32 Å². The van der Waals surface area contributed by atoms with Gasteiger partial charge in [0.2, 0.25) is 5.91 Å². The molecule has 18 heavy (non-hydrogen) atoms. The monoisotopic (exact) mass is 334 g/mol. The van der Waals surface area contributed by atoms with Crippen molar-refractivity contribution in [2.24, 2.45) is 0 Å². The predicted octanol–water partition coefficient (Wildman–Crippen LogP) is 2.96. The Bertz CT molecular complexity index is 460. The van der Waals surface area contributed by atoms with Gasteiger partial charge in [-0.2, -0.15) is 0 Å². The molecule has 0 bridgehead atoms. The van der Waals surface area contributed by atoms with E-state index in [4.69, 9.17) is 11.6 Å². The van der Waals surface area contributed by atoms with E-state index < -0.39 is 5.82 Å². The highest BCUT2D eigenvalue weighted by atomic mass is 79.9. The van der Waals surface area contributed by atoms with Crippen molar-refractivity contribution in [2.75, 3.05) is 18.0 Å². The SMILES string of the molecule is CCNC1CCN(c2c(Cl)cc(F)cc2Br)C1=O. The van der Waals surface area contributed by atoms with E-state index in [1.54, 1.807) is 4.90 Å². The summed E-state index contributed by atoms with van der Waals surface area (Å²) in [7, 11) is 0. The largest absolute Gasteiger partial charge is 0.308 e. The summed E-state index contributed by atoms with van der Waals surface area (Å²) in [5.74, 6) is -0.448. The van der Waals surface area contributed by atoms with E-state index in [1.807, 2.05) is 6.92 Å². The van der Waals surface area contributed by atoms with Crippen LogP contribution in [0.1, 0.15) is 13.3 Å². The first-order valence-corrected chi connectivity index (χ1v) is 6.91. The Labute approximate surface area is 118 Å². The molecule has 0 radical (unpaired) electrons. The summed E-state index contributed by atoms with van der Waals surface area (Å²) in [6.45, 7) is 3.28. The maximum Gasteiger partial charge on any atom is 0.244 e. The van der Waals surface area contributed by atoms with Gasteiger partial charge in [-0.25, -0.2) is 4.39 Å². The number of carbonyl (C=O) groups is 1. The van der Waals surface area contributed by atoms with E-state index in [1.165, 1.54) is 12.1 Å². The molecule has 0 saturated carbocycles. The minimum Gasteiger partial charge on any atom is -0.308 e. The molecule has 1 unspecified atom stereocenters. The molecule has 1 amide bonds. The van der Waals surface area contributed by atoms with E-state index in [-0.39, 0.29) is 17.0 Å². The first kappa shape index (κ1) is 13.8. The molecule has 1 N–H and O–H groups in total. The average Bonchev–Trinajstić information content (AvgIpc) is 2.61. The average molecular weight is 336 g/mol. The molecule has 1 fully saturated rings. The van der Waals surface area contributed by atoms with Crippen molar-refractivity contribution in [3.05, 3.63) is 27.4 Å². The molecule has 1 saturated heterocycles. The number of halogens is 3. The van der Waals surface area contributed by atoms with Crippen LogP contribution in [0.3, 0.4) is 0 Å². The molecule has 1 atom stereocenters. The van der Waals surface area contributed by atoms with Crippen molar-refractivity contribution in [3.63, 3.8) is 0 Å². The van der Waals surface area contributed by atoms with Gasteiger partial charge in [0.25, 0.3) is 0 Å². The Morgan fingerprint density at radius 3 is 2.94 bits per heavy atom. The highest BCUT2D eigenvalue weighted by Gasteiger charge is 2.33. The van der Waals surface area contributed by atoms with Crippen LogP contribution in [0.25, 0.3) is 0 Å². The Morgan fingerprint density at radius 1 is 1.61 bits per heavy atom. The van der Waals surface area contributed by atoms with Gasteiger partial charge < -0.3 is 10.2 Å². The van der Waals surface area contributed by atoms with Crippen LogP contribution in [0.5, 0.6) is 0 Å². The molecule has 98 valence electrons. The first-order valence-electron chi connectivity index (χ1n) is 5.74. The summed E-state index contributed by atoms with van der Waals surface area (Å²) in [5.41, 5.74) is 0.545. The lowest BCUT2D eigenvalue weighted by atomic mass is 10.2. The number of nitrogens with one attached hydrogen (secondary N) is 1. The van der Waals surface area contributed by atoms with Gasteiger partial charge in [-0.3, -0.25) is 4.79 Å². The third-order valence-electron chi connectivity index (χ3n) is 2.91. The lowest BCUT2D eigenvalue weighted by Gasteiger charge is -2.20. The fourth-order valence-corrected chi connectivity index (χ4v) is 3.20. The second kappa shape index (κ2) is 5.55. The molecule has 2 rings (SSSR count). The highest BCUT2D eigenvalue weighted by molar-refractivity contribution is 9.10. The summed E-state index contributed by atoms with van der Waals surface area (Å²) in [4.78, 5) is 13.8. The Morgan fingerprint density at radius 2 is 2.33 bits per heavy atom. The first-order chi connectivity index (χ1) is 8.54. The van der Waals surface area contributed by atoms with Crippen LogP contribution >= 0.6 is 27.5 Å². The zero-order chi connectivity index (χ0) is 13.3. The number of amides is 1. The fraction of sp³-hybridized carbons (Fsp3) is 0.417. The smallest absolute Gasteiger partial charge is 0.244 e. The Balaban J connectivity index is 2.31. The van der Waals surface area contributed by atoms with Crippen molar-refractivity contribution in [2.45, 2.75) is 19.4 Å². The predicted molar refractivity (Wildman–Crippen MR) is 73.5 cm³/mol. The molecule has 3 nitrogen and oxygen atoms in total. The number of hydrogen-bond donors (Lipinski definition) is 1. The van der Waals surface area contributed by atoms with Gasteiger partial charge in [-0.15, -0.1) is 0 Å². The maximum atomic E-state index is 13.2. The molecule has 1 aromatic rings. The van der Waals surface area contributed by atoms with Gasteiger partial charge in [0.1, 0.15) is 5.82 Å². The summed E-state index contributed by atoms with van der Waals surface area (Å²) in [5, 5.41) is 3.36. The number of rotatable bonds is 3. The van der Waals surface area contributed by atoms with Gasteiger partial charge in [-0.05, 0) is 41.0 Å². The van der Waals surface area contributed by atoms with Crippen molar-refractivity contribution < 1.29 is 9.18 Å². The lowest BCUT2D eigenvalue weighted by Crippen LogP contribution is -2.38. The minimum absolute atomic E-state index is 0.0222. The third kappa shape index (κ3) is 2.53. The van der Waals surface area contributed by atoms with E-state index in [0.717, 1.165) is 13.0 Å². The third-order valence-corrected chi connectivity index (χ3v) is 3.80. The van der Waals surface area contributed by atoms with Crippen LogP contribution in [-0.2, 0) is 4.79 Å². The number of carbonyl (C=O) groups excluding carboxylic acids is 1. The number of benzene rings is 1. The van der Waals surface area contributed by atoms with Crippen molar-refractivity contribution in [1.29, 1.82) is 0 Å². The van der Waals surface area contributed by atoms with Crippen LogP contribution in [0.2, 0.25) is 5.02 Å². The molecule has 1 aliphatic heterocycles. The fourth-order valence-electron chi connectivity index (χ4n) is 2.13. The van der Waals surface area contributed by atoms with Gasteiger partial charge in [-0.1, -0.05) is 18.5 Å². The molecule has 1 heterocycles. The number of anilines is 1. The summed E-state index contributed by atoms with van der Waals surface area (Å²) in [6.07, 6.45) is 0.729. The number of nitrogens with zero attached hydrogens (tertiary/aromatic N) is 1. The molecule has 0 aromatic heterocycles. The maximum absolute atomic E-state index is 13.2. The second-order valence-corrected chi connectivity index (χ2v) is 5.37. The van der Waals surface area contributed by atoms with Gasteiger partial charge >= 0.3 is 0 Å². The summed E-state index contributed by atoms with van der Waals surface area (Å²) in [6, 6.07) is 2.35. The Hall–Kier alpha value is -0.650. The van der Waals surface area contributed by atoms with E-state index >= 15 is 0 Å². The lowest BCUT2D eigenvalue weighted by molar-refractivity contribution is -0.118. The van der Waals surface area contributed by atoms with E-state index in [0.29, 0.717) is 16.7 Å². The van der Waals surface area contributed by atoms with Crippen molar-refractivity contribution in [3.8, 4) is 0 Å². The van der Waals surface area contributed by atoms with E-state index in [2.05, 4.69) is 21.2 Å². The molecule has 0 aliphatic carbocycles. The minimum atomic E-state index is -0.425. The molecule has 6 heteroatoms. The Kier molecular flexibility index (Phi) is 4.25. The van der Waals surface area contributed by atoms with E-state index in [9.17, 15) is 9.18 Å². The van der Waals surface area contributed by atoms with Gasteiger partial charge in [0.15, 0.2) is 0 Å². The molecule has 1 aliphatic rings. The zero-order valence-electron chi connectivity index (χ0n) is 9.84. The molecule has 0 spiro atoms. The number of likely N-dealkylation sites (N-methyl/N-ethyl adjacent to an activating group) is 1. The van der Waals surface area contributed by atoms with Crippen LogP contribution in [-0.4, -0.2) is 25.0 Å². The second-order valence-electron chi connectivity index (χ2n) is 4.11. The van der Waals surface area contributed by atoms with Gasteiger partial charge in [0.05, 0.1) is 16.8 Å². The van der Waals surface area contributed by atoms with Crippen LogP contribution in [0.4, 0.5) is 10.1 Å². The van der Waals surface area contributed by atoms with Crippen LogP contribution < -0.4 is 10.2 Å². The van der Waals surface area contributed by atoms with Crippen LogP contribution in [0.15, 0.2) is 16.6 Å². The number of hydrogen-bond acceptors (Lipinski definition) is 2. The topological polar surface area (TPSA) is 32.3 Å². The molecular formula is C12H13BrClFN2O. The standard InChI is InChI=1S/C12H13BrClFN2O/c1-2-16-10-3-4-17(12(10)18)11-8(13)5-7(15)6-9(11)14/h5-6,10,16H,2-4H2,1H3. The molecule has 1 aromatic carbocycles. The van der Waals surface area contributed by atoms with Crippen LogP contribution in [0, 0.1) is 5.82 Å². The quantitative estimate of drug-likeness (QED) is 0.921. The summed E-state index contributed by atoms with van der Waals surface area (Å²) >= 11 is 9.28. The summed E-state index contributed by atoms with van der Waals surface area (Å²) < 4.78 is 13.7. The van der Waals surface area contributed by atoms with Crippen molar-refractivity contribution >= 4 is 39.1 Å². The highest BCUT2D eigenvalue weighted by Crippen LogP contribution is 2.37. The molecular weight excluding hydrogens is 322 g/mol. The van der Waals surface area contributed by atoms with Gasteiger partial charge in [0, 0.05) is 11.0 Å². The zero-order valence-corrected chi connectivity index (χ0v) is 12.2.